The van der Waals surface area contributed by atoms with Crippen molar-refractivity contribution in [3.8, 4) is 0 Å². The lowest BCUT2D eigenvalue weighted by atomic mass is 9.99. The van der Waals surface area contributed by atoms with E-state index in [4.69, 9.17) is 0 Å². The fraction of sp³-hybridized carbons (Fsp3) is 0.467. The molecular formula is C15H22N4OS2. The van der Waals surface area contributed by atoms with Crippen molar-refractivity contribution in [1.29, 1.82) is 0 Å². The summed E-state index contributed by atoms with van der Waals surface area (Å²) in [6.07, 6.45) is 0. The first-order chi connectivity index (χ1) is 10.5. The highest BCUT2D eigenvalue weighted by atomic mass is 32.1. The second kappa shape index (κ2) is 7.71. The molecule has 0 aromatic carbocycles. The van der Waals surface area contributed by atoms with Crippen molar-refractivity contribution in [2.24, 2.45) is 4.99 Å². The summed E-state index contributed by atoms with van der Waals surface area (Å²) in [6, 6.07) is 1.94. The van der Waals surface area contributed by atoms with Crippen LogP contribution < -0.4 is 10.6 Å². The number of thiazole rings is 1. The number of nitrogens with one attached hydrogen (secondary N) is 2. The molecular weight excluding hydrogens is 316 g/mol. The lowest BCUT2D eigenvalue weighted by molar-refractivity contribution is 0.0621. The first-order valence-electron chi connectivity index (χ1n) is 7.19. The topological polar surface area (TPSA) is 69.5 Å². The maximum Gasteiger partial charge on any atom is 0.191 e. The molecule has 0 saturated carbocycles. The second-order valence-electron chi connectivity index (χ2n) is 5.20. The molecule has 0 aliphatic rings. The van der Waals surface area contributed by atoms with Crippen LogP contribution in [0.5, 0.6) is 0 Å². The monoisotopic (exact) mass is 338 g/mol. The Morgan fingerprint density at radius 1 is 1.45 bits per heavy atom. The highest BCUT2D eigenvalue weighted by Gasteiger charge is 2.23. The van der Waals surface area contributed by atoms with Gasteiger partial charge in [0.25, 0.3) is 0 Å². The summed E-state index contributed by atoms with van der Waals surface area (Å²) in [6.45, 7) is 7.58. The fourth-order valence-electron chi connectivity index (χ4n) is 1.90. The van der Waals surface area contributed by atoms with Crippen molar-refractivity contribution >= 4 is 28.6 Å². The van der Waals surface area contributed by atoms with Crippen LogP contribution in [-0.2, 0) is 12.1 Å². The summed E-state index contributed by atoms with van der Waals surface area (Å²) in [7, 11) is 0. The summed E-state index contributed by atoms with van der Waals surface area (Å²) in [5, 5.41) is 20.9. The molecule has 3 N–H and O–H groups in total. The van der Waals surface area contributed by atoms with Gasteiger partial charge in [0.2, 0.25) is 0 Å². The molecule has 7 heteroatoms. The molecule has 0 amide bonds. The molecule has 2 aromatic rings. The standard InChI is InChI=1S/C15H22N4OS2/c1-4-16-14(17-7-13-11(2)19-10-22-13)18-9-15(3,20)12-5-6-21-8-12/h5-6,8,10,20H,4,7,9H2,1-3H3,(H2,16,17,18). The van der Waals surface area contributed by atoms with E-state index in [1.165, 1.54) is 0 Å². The molecule has 0 spiro atoms. The van der Waals surface area contributed by atoms with E-state index in [1.54, 1.807) is 29.6 Å². The molecule has 0 radical (unpaired) electrons. The molecule has 2 aromatic heterocycles. The summed E-state index contributed by atoms with van der Waals surface area (Å²) in [4.78, 5) is 9.94. The van der Waals surface area contributed by atoms with Crippen molar-refractivity contribution in [1.82, 2.24) is 15.6 Å². The maximum absolute atomic E-state index is 10.5. The Bertz CT molecular complexity index is 605. The van der Waals surface area contributed by atoms with Crippen molar-refractivity contribution in [3.63, 3.8) is 0 Å². The number of aliphatic hydroxyl groups is 1. The Hall–Kier alpha value is -1.44. The van der Waals surface area contributed by atoms with Crippen LogP contribution in [0.15, 0.2) is 27.3 Å². The average Bonchev–Trinajstić information content (AvgIpc) is 3.14. The van der Waals surface area contributed by atoms with E-state index in [0.717, 1.165) is 22.7 Å². The maximum atomic E-state index is 10.5. The lowest BCUT2D eigenvalue weighted by Crippen LogP contribution is -2.44. The predicted molar refractivity (Wildman–Crippen MR) is 93.6 cm³/mol. The molecule has 0 fully saturated rings. The zero-order valence-corrected chi connectivity index (χ0v) is 14.7. The van der Waals surface area contributed by atoms with Crippen LogP contribution in [0.2, 0.25) is 0 Å². The number of guanidine groups is 1. The first kappa shape index (κ1) is 16.9. The number of aliphatic imine (C=N–C) groups is 1. The quantitative estimate of drug-likeness (QED) is 0.559. The lowest BCUT2D eigenvalue weighted by Gasteiger charge is -2.24. The number of hydrogen-bond donors (Lipinski definition) is 3. The van der Waals surface area contributed by atoms with Gasteiger partial charge < -0.3 is 15.7 Å². The van der Waals surface area contributed by atoms with Crippen LogP contribution in [0.3, 0.4) is 0 Å². The van der Waals surface area contributed by atoms with Crippen LogP contribution in [-0.4, -0.2) is 29.1 Å². The summed E-state index contributed by atoms with van der Waals surface area (Å²) >= 11 is 3.19. The summed E-state index contributed by atoms with van der Waals surface area (Å²) in [5.41, 5.74) is 2.85. The number of aryl methyl sites for hydroxylation is 1. The number of thiophene rings is 1. The highest BCUT2D eigenvalue weighted by Crippen LogP contribution is 2.22. The molecule has 5 nitrogen and oxygen atoms in total. The molecule has 0 aliphatic heterocycles. The van der Waals surface area contributed by atoms with Gasteiger partial charge in [0.15, 0.2) is 5.96 Å². The van der Waals surface area contributed by atoms with Crippen LogP contribution >= 0.6 is 22.7 Å². The molecule has 0 bridgehead atoms. The van der Waals surface area contributed by atoms with E-state index >= 15 is 0 Å². The van der Waals surface area contributed by atoms with Gasteiger partial charge in [-0.2, -0.15) is 11.3 Å². The largest absolute Gasteiger partial charge is 0.384 e. The van der Waals surface area contributed by atoms with Gasteiger partial charge >= 0.3 is 0 Å². The Labute approximate surface area is 139 Å². The van der Waals surface area contributed by atoms with Gasteiger partial charge in [-0.05, 0) is 43.2 Å². The Kier molecular flexibility index (Phi) is 5.93. The van der Waals surface area contributed by atoms with E-state index in [-0.39, 0.29) is 0 Å². The zero-order valence-electron chi connectivity index (χ0n) is 13.1. The highest BCUT2D eigenvalue weighted by molar-refractivity contribution is 7.09. The number of aromatic nitrogens is 1. The van der Waals surface area contributed by atoms with Gasteiger partial charge in [-0.25, -0.2) is 9.98 Å². The van der Waals surface area contributed by atoms with Gasteiger partial charge in [0, 0.05) is 11.4 Å². The molecule has 2 rings (SSSR count). The van der Waals surface area contributed by atoms with Gasteiger partial charge in [0.05, 0.1) is 24.3 Å². The minimum Gasteiger partial charge on any atom is -0.384 e. The smallest absolute Gasteiger partial charge is 0.191 e. The van der Waals surface area contributed by atoms with Crippen molar-refractivity contribution in [2.45, 2.75) is 32.9 Å². The number of nitrogens with zero attached hydrogens (tertiary/aromatic N) is 2. The molecule has 0 aliphatic carbocycles. The number of hydrogen-bond acceptors (Lipinski definition) is 5. The third-order valence-electron chi connectivity index (χ3n) is 3.31. The molecule has 1 unspecified atom stereocenters. The Balaban J connectivity index is 1.98. The number of rotatable bonds is 6. The summed E-state index contributed by atoms with van der Waals surface area (Å²) < 4.78 is 0. The molecule has 120 valence electrons. The summed E-state index contributed by atoms with van der Waals surface area (Å²) in [5.74, 6) is 0.700. The second-order valence-corrected chi connectivity index (χ2v) is 6.91. The van der Waals surface area contributed by atoms with Crippen LogP contribution in [0, 0.1) is 6.92 Å². The molecule has 0 saturated heterocycles. The molecule has 22 heavy (non-hydrogen) atoms. The van der Waals surface area contributed by atoms with E-state index in [0.29, 0.717) is 19.0 Å². The van der Waals surface area contributed by atoms with Crippen molar-refractivity contribution < 1.29 is 5.11 Å². The van der Waals surface area contributed by atoms with E-state index in [9.17, 15) is 5.11 Å². The zero-order chi connectivity index (χ0) is 16.0. The predicted octanol–water partition coefficient (Wildman–Crippen LogP) is 2.48. The third kappa shape index (κ3) is 4.53. The average molecular weight is 339 g/mol. The Morgan fingerprint density at radius 2 is 2.27 bits per heavy atom. The normalized spacial score (nSPS) is 14.6. The van der Waals surface area contributed by atoms with Crippen LogP contribution in [0.1, 0.15) is 30.0 Å². The van der Waals surface area contributed by atoms with Gasteiger partial charge in [-0.3, -0.25) is 0 Å². The van der Waals surface area contributed by atoms with E-state index in [2.05, 4.69) is 20.6 Å². The van der Waals surface area contributed by atoms with E-state index < -0.39 is 5.60 Å². The Morgan fingerprint density at radius 3 is 2.86 bits per heavy atom. The molecule has 2 heterocycles. The van der Waals surface area contributed by atoms with E-state index in [1.807, 2.05) is 36.2 Å². The minimum absolute atomic E-state index is 0.400. The third-order valence-corrected chi connectivity index (χ3v) is 4.92. The fourth-order valence-corrected chi connectivity index (χ4v) is 3.38. The SMILES string of the molecule is CCNC(=NCc1scnc1C)NCC(C)(O)c1ccsc1. The van der Waals surface area contributed by atoms with Gasteiger partial charge in [0.1, 0.15) is 5.60 Å². The van der Waals surface area contributed by atoms with Gasteiger partial charge in [-0.1, -0.05) is 0 Å². The van der Waals surface area contributed by atoms with Crippen LogP contribution in [0.4, 0.5) is 0 Å². The minimum atomic E-state index is -0.920. The molecule has 1 atom stereocenters. The van der Waals surface area contributed by atoms with Gasteiger partial charge in [-0.15, -0.1) is 11.3 Å². The van der Waals surface area contributed by atoms with Crippen LogP contribution in [0.25, 0.3) is 0 Å². The van der Waals surface area contributed by atoms with Crippen molar-refractivity contribution in [2.75, 3.05) is 13.1 Å². The first-order valence-corrected chi connectivity index (χ1v) is 9.01. The van der Waals surface area contributed by atoms with Crippen molar-refractivity contribution in [3.05, 3.63) is 38.5 Å².